The first-order valence-electron chi connectivity index (χ1n) is 8.17. The summed E-state index contributed by atoms with van der Waals surface area (Å²) in [5.41, 5.74) is 2.98. The van der Waals surface area contributed by atoms with Crippen LogP contribution in [0.25, 0.3) is 0 Å². The average Bonchev–Trinajstić information content (AvgIpc) is 2.69. The van der Waals surface area contributed by atoms with E-state index in [1.54, 1.807) is 24.8 Å². The molecule has 0 aliphatic heterocycles. The van der Waals surface area contributed by atoms with Crippen molar-refractivity contribution in [3.8, 4) is 0 Å². The SMILES string of the molecule is O=C(NCc1cccnc1)C(NCc1ccncc1)c1ccccc1. The molecule has 2 N–H and O–H groups in total. The molecule has 0 saturated heterocycles. The van der Waals surface area contributed by atoms with Crippen LogP contribution in [-0.4, -0.2) is 15.9 Å². The number of rotatable bonds is 7. The van der Waals surface area contributed by atoms with E-state index in [0.717, 1.165) is 16.7 Å². The minimum absolute atomic E-state index is 0.0656. The molecule has 25 heavy (non-hydrogen) atoms. The van der Waals surface area contributed by atoms with E-state index in [4.69, 9.17) is 0 Å². The maximum absolute atomic E-state index is 12.7. The molecule has 126 valence electrons. The van der Waals surface area contributed by atoms with Crippen molar-refractivity contribution in [3.63, 3.8) is 0 Å². The van der Waals surface area contributed by atoms with Crippen molar-refractivity contribution in [2.24, 2.45) is 0 Å². The summed E-state index contributed by atoms with van der Waals surface area (Å²) >= 11 is 0. The van der Waals surface area contributed by atoms with Crippen molar-refractivity contribution in [1.29, 1.82) is 0 Å². The van der Waals surface area contributed by atoms with Crippen LogP contribution >= 0.6 is 0 Å². The number of amides is 1. The van der Waals surface area contributed by atoms with Crippen molar-refractivity contribution in [1.82, 2.24) is 20.6 Å². The van der Waals surface area contributed by atoms with Crippen LogP contribution in [0.15, 0.2) is 79.4 Å². The van der Waals surface area contributed by atoms with Gasteiger partial charge in [-0.1, -0.05) is 36.4 Å². The standard InChI is InChI=1S/C20H20N4O/c25-20(24-15-17-5-4-10-22-13-17)19(18-6-2-1-3-7-18)23-14-16-8-11-21-12-9-16/h1-13,19,23H,14-15H2,(H,24,25). The third-order valence-corrected chi connectivity index (χ3v) is 3.84. The average molecular weight is 332 g/mol. The molecule has 3 rings (SSSR count). The van der Waals surface area contributed by atoms with E-state index < -0.39 is 6.04 Å². The topological polar surface area (TPSA) is 66.9 Å². The summed E-state index contributed by atoms with van der Waals surface area (Å²) in [6.07, 6.45) is 6.96. The molecule has 0 aliphatic rings. The van der Waals surface area contributed by atoms with E-state index in [1.807, 2.05) is 54.6 Å². The fourth-order valence-electron chi connectivity index (χ4n) is 2.52. The molecule has 0 aliphatic carbocycles. The molecular weight excluding hydrogens is 312 g/mol. The number of hydrogen-bond acceptors (Lipinski definition) is 4. The predicted molar refractivity (Wildman–Crippen MR) is 96.3 cm³/mol. The van der Waals surface area contributed by atoms with Crippen LogP contribution in [0.3, 0.4) is 0 Å². The number of aromatic nitrogens is 2. The van der Waals surface area contributed by atoms with Gasteiger partial charge in [-0.3, -0.25) is 20.1 Å². The van der Waals surface area contributed by atoms with E-state index in [9.17, 15) is 4.79 Å². The second-order valence-electron chi connectivity index (χ2n) is 5.66. The van der Waals surface area contributed by atoms with Crippen molar-refractivity contribution in [2.75, 3.05) is 0 Å². The van der Waals surface area contributed by atoms with Gasteiger partial charge in [-0.2, -0.15) is 0 Å². The molecule has 0 saturated carbocycles. The van der Waals surface area contributed by atoms with Gasteiger partial charge in [0.25, 0.3) is 0 Å². The zero-order valence-corrected chi connectivity index (χ0v) is 13.8. The highest BCUT2D eigenvalue weighted by molar-refractivity contribution is 5.83. The van der Waals surface area contributed by atoms with Gasteiger partial charge in [0.05, 0.1) is 0 Å². The molecule has 1 aromatic carbocycles. The molecule has 3 aromatic rings. The van der Waals surface area contributed by atoms with Crippen molar-refractivity contribution >= 4 is 5.91 Å². The summed E-state index contributed by atoms with van der Waals surface area (Å²) in [6, 6.07) is 17.0. The summed E-state index contributed by atoms with van der Waals surface area (Å²) in [7, 11) is 0. The maximum Gasteiger partial charge on any atom is 0.242 e. The van der Waals surface area contributed by atoms with E-state index >= 15 is 0 Å². The molecule has 5 heteroatoms. The van der Waals surface area contributed by atoms with Gasteiger partial charge in [-0.05, 0) is 34.9 Å². The van der Waals surface area contributed by atoms with Crippen LogP contribution in [0.5, 0.6) is 0 Å². The molecular formula is C20H20N4O. The maximum atomic E-state index is 12.7. The molecule has 5 nitrogen and oxygen atoms in total. The van der Waals surface area contributed by atoms with Gasteiger partial charge in [0, 0.05) is 37.9 Å². The summed E-state index contributed by atoms with van der Waals surface area (Å²) in [5, 5.41) is 6.31. The number of hydrogen-bond donors (Lipinski definition) is 2. The predicted octanol–water partition coefficient (Wildman–Crippen LogP) is 2.62. The fourth-order valence-corrected chi connectivity index (χ4v) is 2.52. The molecule has 0 fully saturated rings. The normalized spacial score (nSPS) is 11.7. The lowest BCUT2D eigenvalue weighted by atomic mass is 10.1. The number of benzene rings is 1. The van der Waals surface area contributed by atoms with Gasteiger partial charge in [-0.15, -0.1) is 0 Å². The van der Waals surface area contributed by atoms with E-state index in [1.165, 1.54) is 0 Å². The Labute approximate surface area is 147 Å². The number of pyridine rings is 2. The van der Waals surface area contributed by atoms with Crippen molar-refractivity contribution in [3.05, 3.63) is 96.1 Å². The number of carbonyl (C=O) groups is 1. The molecule has 0 bridgehead atoms. The molecule has 1 unspecified atom stereocenters. The van der Waals surface area contributed by atoms with Gasteiger partial charge in [-0.25, -0.2) is 0 Å². The Balaban J connectivity index is 1.68. The minimum atomic E-state index is -0.425. The molecule has 2 heterocycles. The lowest BCUT2D eigenvalue weighted by molar-refractivity contribution is -0.123. The third-order valence-electron chi connectivity index (χ3n) is 3.84. The largest absolute Gasteiger partial charge is 0.350 e. The smallest absolute Gasteiger partial charge is 0.242 e. The van der Waals surface area contributed by atoms with E-state index in [2.05, 4.69) is 20.6 Å². The van der Waals surface area contributed by atoms with E-state index in [0.29, 0.717) is 13.1 Å². The molecule has 2 aromatic heterocycles. The van der Waals surface area contributed by atoms with Crippen molar-refractivity contribution < 1.29 is 4.79 Å². The highest BCUT2D eigenvalue weighted by atomic mass is 16.2. The van der Waals surface area contributed by atoms with E-state index in [-0.39, 0.29) is 5.91 Å². The zero-order valence-electron chi connectivity index (χ0n) is 13.8. The second kappa shape index (κ2) is 8.70. The molecule has 1 amide bonds. The van der Waals surface area contributed by atoms with Crippen LogP contribution in [0.2, 0.25) is 0 Å². The molecule has 0 radical (unpaired) electrons. The Morgan fingerprint density at radius 1 is 0.840 bits per heavy atom. The summed E-state index contributed by atoms with van der Waals surface area (Å²) in [4.78, 5) is 20.8. The van der Waals surface area contributed by atoms with Crippen molar-refractivity contribution in [2.45, 2.75) is 19.1 Å². The Kier molecular flexibility index (Phi) is 5.85. The Morgan fingerprint density at radius 3 is 2.36 bits per heavy atom. The monoisotopic (exact) mass is 332 g/mol. The van der Waals surface area contributed by atoms with Gasteiger partial charge < -0.3 is 5.32 Å². The van der Waals surface area contributed by atoms with Crippen LogP contribution in [0.1, 0.15) is 22.7 Å². The quantitative estimate of drug-likeness (QED) is 0.698. The van der Waals surface area contributed by atoms with Gasteiger partial charge in [0.2, 0.25) is 5.91 Å². The lowest BCUT2D eigenvalue weighted by Crippen LogP contribution is -2.37. The van der Waals surface area contributed by atoms with Gasteiger partial charge in [0.1, 0.15) is 6.04 Å². The highest BCUT2D eigenvalue weighted by Gasteiger charge is 2.19. The Hall–Kier alpha value is -3.05. The minimum Gasteiger partial charge on any atom is -0.350 e. The first-order valence-corrected chi connectivity index (χ1v) is 8.17. The Bertz CT molecular complexity index is 779. The number of nitrogens with zero attached hydrogens (tertiary/aromatic N) is 2. The highest BCUT2D eigenvalue weighted by Crippen LogP contribution is 2.14. The first-order chi connectivity index (χ1) is 12.3. The van der Waals surface area contributed by atoms with Crippen LogP contribution < -0.4 is 10.6 Å². The fraction of sp³-hybridized carbons (Fsp3) is 0.150. The van der Waals surface area contributed by atoms with Gasteiger partial charge >= 0.3 is 0 Å². The third kappa shape index (κ3) is 4.96. The number of nitrogens with one attached hydrogen (secondary N) is 2. The van der Waals surface area contributed by atoms with Gasteiger partial charge in [0.15, 0.2) is 0 Å². The molecule has 0 spiro atoms. The Morgan fingerprint density at radius 2 is 1.64 bits per heavy atom. The van der Waals surface area contributed by atoms with Crippen LogP contribution in [-0.2, 0) is 17.9 Å². The zero-order chi connectivity index (χ0) is 17.3. The first kappa shape index (κ1) is 16.8. The molecule has 1 atom stereocenters. The summed E-state index contributed by atoms with van der Waals surface area (Å²) in [5.74, 6) is -0.0656. The summed E-state index contributed by atoms with van der Waals surface area (Å²) in [6.45, 7) is 1.04. The second-order valence-corrected chi connectivity index (χ2v) is 5.66. The van der Waals surface area contributed by atoms with Crippen LogP contribution in [0, 0.1) is 0 Å². The lowest BCUT2D eigenvalue weighted by Gasteiger charge is -2.19. The number of carbonyl (C=O) groups excluding carboxylic acids is 1. The summed E-state index contributed by atoms with van der Waals surface area (Å²) < 4.78 is 0. The van der Waals surface area contributed by atoms with Crippen LogP contribution in [0.4, 0.5) is 0 Å².